The molecule has 37 heavy (non-hydrogen) atoms. The summed E-state index contributed by atoms with van der Waals surface area (Å²) in [4.78, 5) is 0. The largest absolute Gasteiger partial charge is 0.496 e. The predicted octanol–water partition coefficient (Wildman–Crippen LogP) is 9.36. The minimum atomic E-state index is -0.00112. The fourth-order valence-electron chi connectivity index (χ4n) is 4.67. The van der Waals surface area contributed by atoms with Crippen molar-refractivity contribution in [2.75, 3.05) is 13.7 Å². The van der Waals surface area contributed by atoms with Gasteiger partial charge in [-0.3, -0.25) is 5.43 Å². The van der Waals surface area contributed by atoms with E-state index in [1.165, 1.54) is 102 Å². The van der Waals surface area contributed by atoms with E-state index in [9.17, 15) is 0 Å². The van der Waals surface area contributed by atoms with Crippen LogP contribution in [0, 0.1) is 6.92 Å². The molecule has 1 rings (SSSR count). The van der Waals surface area contributed by atoms with E-state index < -0.39 is 0 Å². The van der Waals surface area contributed by atoms with E-state index in [1.807, 2.05) is 6.21 Å². The van der Waals surface area contributed by atoms with E-state index in [4.69, 9.17) is 17.0 Å². The Balaban J connectivity index is 2.05. The maximum Gasteiger partial charge on any atom is 0.186 e. The van der Waals surface area contributed by atoms with Gasteiger partial charge in [0.2, 0.25) is 0 Å². The number of hydrazone groups is 1. The second kappa shape index (κ2) is 20.4. The predicted molar refractivity (Wildman–Crippen MR) is 167 cm³/mol. The smallest absolute Gasteiger partial charge is 0.186 e. The van der Waals surface area contributed by atoms with Gasteiger partial charge < -0.3 is 10.1 Å². The third-order valence-electron chi connectivity index (χ3n) is 7.08. The normalized spacial score (nSPS) is 11.7. The van der Waals surface area contributed by atoms with Crippen molar-refractivity contribution in [2.24, 2.45) is 5.10 Å². The standard InChI is InChI=1S/C32H57N3OS/c1-7-8-9-10-11-12-13-14-15-16-17-18-19-20-21-22-23-33-31(37)35-34-26-28-25-29(32(3,4)5)30(36-6)24-27(28)2/h24-26H,7-23H2,1-6H3,(H2,33,35,37)/b34-26-. The molecule has 0 aliphatic rings. The summed E-state index contributed by atoms with van der Waals surface area (Å²) in [7, 11) is 1.73. The highest BCUT2D eigenvalue weighted by Crippen LogP contribution is 2.33. The number of hydrogen-bond donors (Lipinski definition) is 2. The molecule has 0 bridgehead atoms. The van der Waals surface area contributed by atoms with Crippen LogP contribution in [0.15, 0.2) is 17.2 Å². The third-order valence-corrected chi connectivity index (χ3v) is 7.32. The lowest BCUT2D eigenvalue weighted by Gasteiger charge is -2.23. The van der Waals surface area contributed by atoms with Crippen molar-refractivity contribution in [1.29, 1.82) is 0 Å². The van der Waals surface area contributed by atoms with Gasteiger partial charge in [-0.1, -0.05) is 124 Å². The van der Waals surface area contributed by atoms with E-state index in [2.05, 4.69) is 62.6 Å². The molecule has 0 radical (unpaired) electrons. The topological polar surface area (TPSA) is 45.7 Å². The van der Waals surface area contributed by atoms with Crippen LogP contribution in [0.3, 0.4) is 0 Å². The van der Waals surface area contributed by atoms with E-state index in [-0.39, 0.29) is 5.41 Å². The molecular weight excluding hydrogens is 474 g/mol. The van der Waals surface area contributed by atoms with E-state index in [0.29, 0.717) is 5.11 Å². The van der Waals surface area contributed by atoms with Crippen molar-refractivity contribution < 1.29 is 4.74 Å². The molecule has 1 aromatic rings. The van der Waals surface area contributed by atoms with E-state index >= 15 is 0 Å². The third kappa shape index (κ3) is 16.1. The van der Waals surface area contributed by atoms with Crippen molar-refractivity contribution in [3.05, 3.63) is 28.8 Å². The van der Waals surface area contributed by atoms with Gasteiger partial charge in [0.25, 0.3) is 0 Å². The van der Waals surface area contributed by atoms with Gasteiger partial charge in [0.1, 0.15) is 5.75 Å². The number of nitrogens with one attached hydrogen (secondary N) is 2. The van der Waals surface area contributed by atoms with Gasteiger partial charge in [0.15, 0.2) is 5.11 Å². The average Bonchev–Trinajstić information content (AvgIpc) is 2.86. The first-order valence-corrected chi connectivity index (χ1v) is 15.5. The van der Waals surface area contributed by atoms with Crippen molar-refractivity contribution in [3.63, 3.8) is 0 Å². The molecule has 0 aliphatic carbocycles. The highest BCUT2D eigenvalue weighted by atomic mass is 32.1. The van der Waals surface area contributed by atoms with Crippen LogP contribution in [-0.2, 0) is 5.41 Å². The van der Waals surface area contributed by atoms with Gasteiger partial charge >= 0.3 is 0 Å². The summed E-state index contributed by atoms with van der Waals surface area (Å²) in [5.41, 5.74) is 6.33. The summed E-state index contributed by atoms with van der Waals surface area (Å²) < 4.78 is 5.58. The van der Waals surface area contributed by atoms with Crippen molar-refractivity contribution in [3.8, 4) is 5.75 Å². The molecule has 2 N–H and O–H groups in total. The quantitative estimate of drug-likeness (QED) is 0.0761. The second-order valence-electron chi connectivity index (χ2n) is 11.6. The molecule has 1 aromatic carbocycles. The number of benzene rings is 1. The van der Waals surface area contributed by atoms with Gasteiger partial charge in [0, 0.05) is 12.1 Å². The number of unbranched alkanes of at least 4 members (excludes halogenated alkanes) is 15. The molecular formula is C32H57N3OS. The summed E-state index contributed by atoms with van der Waals surface area (Å²) in [6.45, 7) is 11.8. The molecule has 0 saturated carbocycles. The Labute approximate surface area is 234 Å². The zero-order valence-corrected chi connectivity index (χ0v) is 25.8. The molecule has 0 saturated heterocycles. The molecule has 4 nitrogen and oxygen atoms in total. The number of rotatable bonds is 20. The molecule has 0 unspecified atom stereocenters. The van der Waals surface area contributed by atoms with Crippen LogP contribution >= 0.6 is 12.2 Å². The Hall–Kier alpha value is -1.62. The van der Waals surface area contributed by atoms with Crippen LogP contribution in [0.5, 0.6) is 5.75 Å². The number of aryl methyl sites for hydroxylation is 1. The number of methoxy groups -OCH3 is 1. The molecule has 0 fully saturated rings. The summed E-state index contributed by atoms with van der Waals surface area (Å²) in [5.74, 6) is 0.922. The fraction of sp³-hybridized carbons (Fsp3) is 0.750. The lowest BCUT2D eigenvalue weighted by molar-refractivity contribution is 0.397. The summed E-state index contributed by atoms with van der Waals surface area (Å²) in [5, 5.41) is 8.21. The Kier molecular flexibility index (Phi) is 18.4. The van der Waals surface area contributed by atoms with Gasteiger partial charge in [-0.15, -0.1) is 0 Å². The Morgan fingerprint density at radius 2 is 1.32 bits per heavy atom. The van der Waals surface area contributed by atoms with Gasteiger partial charge in [-0.2, -0.15) is 5.10 Å². The van der Waals surface area contributed by atoms with Crippen LogP contribution in [0.1, 0.15) is 147 Å². The number of ether oxygens (including phenoxy) is 1. The monoisotopic (exact) mass is 531 g/mol. The molecule has 0 atom stereocenters. The highest BCUT2D eigenvalue weighted by molar-refractivity contribution is 7.80. The zero-order valence-electron chi connectivity index (χ0n) is 25.0. The van der Waals surface area contributed by atoms with E-state index in [1.54, 1.807) is 7.11 Å². The molecule has 212 valence electrons. The molecule has 0 amide bonds. The van der Waals surface area contributed by atoms with Crippen LogP contribution in [0.25, 0.3) is 0 Å². The summed E-state index contributed by atoms with van der Waals surface area (Å²) in [6, 6.07) is 4.24. The number of thiocarbonyl (C=S) groups is 1. The molecule has 0 heterocycles. The lowest BCUT2D eigenvalue weighted by Crippen LogP contribution is -2.32. The maximum atomic E-state index is 5.58. The summed E-state index contributed by atoms with van der Waals surface area (Å²) >= 11 is 5.38. The molecule has 0 aliphatic heterocycles. The van der Waals surface area contributed by atoms with Crippen molar-refractivity contribution in [1.82, 2.24) is 10.7 Å². The SMILES string of the molecule is CCCCCCCCCCCCCCCCCCNC(=S)N/N=C\c1cc(C(C)(C)C)c(OC)cc1C. The average molecular weight is 532 g/mol. The van der Waals surface area contributed by atoms with Crippen LogP contribution in [0.2, 0.25) is 0 Å². The van der Waals surface area contributed by atoms with Gasteiger partial charge in [0.05, 0.1) is 13.3 Å². The van der Waals surface area contributed by atoms with Crippen LogP contribution in [-0.4, -0.2) is 25.0 Å². The Morgan fingerprint density at radius 1 is 0.838 bits per heavy atom. The van der Waals surface area contributed by atoms with Gasteiger partial charge in [-0.25, -0.2) is 0 Å². The van der Waals surface area contributed by atoms with Crippen molar-refractivity contribution in [2.45, 2.75) is 143 Å². The van der Waals surface area contributed by atoms with Gasteiger partial charge in [-0.05, 0) is 54.2 Å². The van der Waals surface area contributed by atoms with Crippen LogP contribution < -0.4 is 15.5 Å². The minimum Gasteiger partial charge on any atom is -0.496 e. The zero-order chi connectivity index (χ0) is 27.4. The lowest BCUT2D eigenvalue weighted by atomic mass is 9.84. The maximum absolute atomic E-state index is 5.58. The minimum absolute atomic E-state index is 0.00112. The molecule has 5 heteroatoms. The first-order valence-electron chi connectivity index (χ1n) is 15.1. The number of hydrogen-bond acceptors (Lipinski definition) is 3. The Bertz CT molecular complexity index is 770. The summed E-state index contributed by atoms with van der Waals surface area (Å²) in [6.07, 6.45) is 24.0. The number of nitrogens with zero attached hydrogens (tertiary/aromatic N) is 1. The first-order chi connectivity index (χ1) is 17.8. The molecule has 0 spiro atoms. The van der Waals surface area contributed by atoms with E-state index in [0.717, 1.165) is 29.8 Å². The van der Waals surface area contributed by atoms with Crippen LogP contribution in [0.4, 0.5) is 0 Å². The fourth-order valence-corrected chi connectivity index (χ4v) is 4.82. The molecule has 0 aromatic heterocycles. The first kappa shape index (κ1) is 33.4. The highest BCUT2D eigenvalue weighted by Gasteiger charge is 2.20. The second-order valence-corrected chi connectivity index (χ2v) is 12.0. The van der Waals surface area contributed by atoms with Crippen molar-refractivity contribution >= 4 is 23.5 Å². The Morgan fingerprint density at radius 3 is 1.78 bits per heavy atom.